The number of rotatable bonds is 5. The fourth-order valence-electron chi connectivity index (χ4n) is 3.68. The van der Waals surface area contributed by atoms with Crippen LogP contribution in [0.4, 0.5) is 5.69 Å². The van der Waals surface area contributed by atoms with Crippen LogP contribution in [0.5, 0.6) is 0 Å². The lowest BCUT2D eigenvalue weighted by Gasteiger charge is -2.15. The van der Waals surface area contributed by atoms with E-state index in [9.17, 15) is 9.59 Å². The molecule has 6 heteroatoms. The second-order valence-electron chi connectivity index (χ2n) is 7.60. The smallest absolute Gasteiger partial charge is 0.339 e. The molecule has 0 aliphatic carbocycles. The molecule has 0 aliphatic heterocycles. The third-order valence-electron chi connectivity index (χ3n) is 5.37. The van der Waals surface area contributed by atoms with Gasteiger partial charge in [0.25, 0.3) is 5.91 Å². The lowest BCUT2D eigenvalue weighted by molar-refractivity contribution is -0.123. The topological polar surface area (TPSA) is 81.4 Å². The molecule has 4 aromatic carbocycles. The highest BCUT2D eigenvalue weighted by Crippen LogP contribution is 2.28. The molecule has 1 atom stereocenters. The number of carbonyl (C=O) groups is 2. The molecule has 1 N–H and O–H groups in total. The van der Waals surface area contributed by atoms with Crippen LogP contribution in [-0.4, -0.2) is 23.0 Å². The Labute approximate surface area is 189 Å². The van der Waals surface area contributed by atoms with Crippen molar-refractivity contribution in [3.63, 3.8) is 0 Å². The van der Waals surface area contributed by atoms with Crippen molar-refractivity contribution in [3.05, 3.63) is 96.6 Å². The zero-order valence-corrected chi connectivity index (χ0v) is 17.8. The molecule has 0 saturated carbocycles. The fraction of sp³-hybridized carbons (Fsp3) is 0.0741. The van der Waals surface area contributed by atoms with Crippen molar-refractivity contribution in [2.75, 3.05) is 5.32 Å². The second kappa shape index (κ2) is 8.59. The van der Waals surface area contributed by atoms with E-state index >= 15 is 0 Å². The quantitative estimate of drug-likeness (QED) is 0.351. The number of anilines is 1. The van der Waals surface area contributed by atoms with Gasteiger partial charge >= 0.3 is 5.97 Å². The zero-order valence-electron chi connectivity index (χ0n) is 17.8. The SMILES string of the molecule is CC(OC(=O)c1ccccc1-c1nc2ccccc2o1)C(=O)Nc1cccc2ccccc12. The largest absolute Gasteiger partial charge is 0.449 e. The molecule has 33 heavy (non-hydrogen) atoms. The van der Waals surface area contributed by atoms with E-state index in [0.29, 0.717) is 28.2 Å². The molecule has 1 heterocycles. The monoisotopic (exact) mass is 436 g/mol. The van der Waals surface area contributed by atoms with Crippen LogP contribution >= 0.6 is 0 Å². The van der Waals surface area contributed by atoms with Gasteiger partial charge in [0.2, 0.25) is 5.89 Å². The van der Waals surface area contributed by atoms with Gasteiger partial charge in [-0.1, -0.05) is 60.7 Å². The molecule has 0 aliphatic rings. The Balaban J connectivity index is 1.36. The number of aromatic nitrogens is 1. The maximum absolute atomic E-state index is 13.0. The minimum atomic E-state index is -1.01. The van der Waals surface area contributed by atoms with Crippen LogP contribution in [0.3, 0.4) is 0 Å². The van der Waals surface area contributed by atoms with Gasteiger partial charge in [0.05, 0.1) is 11.1 Å². The van der Waals surface area contributed by atoms with Gasteiger partial charge in [0, 0.05) is 11.1 Å². The third kappa shape index (κ3) is 4.06. The summed E-state index contributed by atoms with van der Waals surface area (Å²) in [6.07, 6.45) is -1.01. The molecule has 0 radical (unpaired) electrons. The number of oxazole rings is 1. The van der Waals surface area contributed by atoms with E-state index in [0.717, 1.165) is 10.8 Å². The molecule has 162 valence electrons. The van der Waals surface area contributed by atoms with E-state index in [1.165, 1.54) is 0 Å². The number of hydrogen-bond donors (Lipinski definition) is 1. The highest BCUT2D eigenvalue weighted by Gasteiger charge is 2.23. The number of fused-ring (bicyclic) bond motifs is 2. The lowest BCUT2D eigenvalue weighted by Crippen LogP contribution is -2.30. The number of para-hydroxylation sites is 2. The summed E-state index contributed by atoms with van der Waals surface area (Å²) in [4.78, 5) is 30.2. The summed E-state index contributed by atoms with van der Waals surface area (Å²) in [5.74, 6) is -0.732. The van der Waals surface area contributed by atoms with Crippen LogP contribution in [0, 0.1) is 0 Å². The van der Waals surface area contributed by atoms with E-state index in [4.69, 9.17) is 9.15 Å². The first kappa shape index (κ1) is 20.5. The Morgan fingerprint density at radius 2 is 1.61 bits per heavy atom. The van der Waals surface area contributed by atoms with Crippen LogP contribution in [-0.2, 0) is 9.53 Å². The highest BCUT2D eigenvalue weighted by atomic mass is 16.5. The van der Waals surface area contributed by atoms with Crippen LogP contribution in [0.15, 0.2) is 95.4 Å². The number of esters is 1. The molecule has 1 aromatic heterocycles. The Morgan fingerprint density at radius 3 is 2.48 bits per heavy atom. The lowest BCUT2D eigenvalue weighted by atomic mass is 10.1. The molecular formula is C27H20N2O4. The molecule has 5 aromatic rings. The van der Waals surface area contributed by atoms with Gasteiger partial charge in [0.15, 0.2) is 11.7 Å². The molecule has 5 rings (SSSR count). The van der Waals surface area contributed by atoms with Crippen molar-refractivity contribution < 1.29 is 18.7 Å². The molecular weight excluding hydrogens is 416 g/mol. The first-order valence-electron chi connectivity index (χ1n) is 10.5. The van der Waals surface area contributed by atoms with E-state index in [1.807, 2.05) is 66.7 Å². The van der Waals surface area contributed by atoms with E-state index in [-0.39, 0.29) is 5.56 Å². The number of nitrogens with zero attached hydrogens (tertiary/aromatic N) is 1. The zero-order chi connectivity index (χ0) is 22.8. The van der Waals surface area contributed by atoms with Crippen molar-refractivity contribution in [1.82, 2.24) is 4.98 Å². The Hall–Kier alpha value is -4.45. The first-order valence-corrected chi connectivity index (χ1v) is 10.5. The van der Waals surface area contributed by atoms with Crippen molar-refractivity contribution in [2.24, 2.45) is 0 Å². The van der Waals surface area contributed by atoms with Crippen molar-refractivity contribution in [2.45, 2.75) is 13.0 Å². The summed E-state index contributed by atoms with van der Waals surface area (Å²) in [7, 11) is 0. The summed E-state index contributed by atoms with van der Waals surface area (Å²) in [6, 6.07) is 27.6. The maximum Gasteiger partial charge on any atom is 0.339 e. The molecule has 1 amide bonds. The van der Waals surface area contributed by atoms with Crippen molar-refractivity contribution in [3.8, 4) is 11.5 Å². The van der Waals surface area contributed by atoms with Gasteiger partial charge in [-0.2, -0.15) is 0 Å². The predicted molar refractivity (Wildman–Crippen MR) is 127 cm³/mol. The van der Waals surface area contributed by atoms with Crippen molar-refractivity contribution in [1.29, 1.82) is 0 Å². The number of carbonyl (C=O) groups excluding carboxylic acids is 2. The molecule has 0 fully saturated rings. The Bertz CT molecular complexity index is 1450. The van der Waals surface area contributed by atoms with Crippen LogP contribution < -0.4 is 5.32 Å². The summed E-state index contributed by atoms with van der Waals surface area (Å²) in [6.45, 7) is 1.54. The van der Waals surface area contributed by atoms with E-state index in [2.05, 4.69) is 10.3 Å². The number of hydrogen-bond acceptors (Lipinski definition) is 5. The number of amides is 1. The van der Waals surface area contributed by atoms with Gasteiger partial charge in [0.1, 0.15) is 5.52 Å². The second-order valence-corrected chi connectivity index (χ2v) is 7.60. The average Bonchev–Trinajstić information content (AvgIpc) is 3.28. The van der Waals surface area contributed by atoms with E-state index in [1.54, 1.807) is 31.2 Å². The Kier molecular flexibility index (Phi) is 5.32. The minimum Gasteiger partial charge on any atom is -0.449 e. The summed E-state index contributed by atoms with van der Waals surface area (Å²) in [5.41, 5.74) is 2.75. The predicted octanol–water partition coefficient (Wildman–Crippen LogP) is 5.83. The molecule has 1 unspecified atom stereocenters. The first-order chi connectivity index (χ1) is 16.1. The standard InChI is InChI=1S/C27H20N2O4/c1-17(25(30)28-22-15-8-10-18-9-2-3-11-19(18)22)32-27(31)21-13-5-4-12-20(21)26-29-23-14-6-7-16-24(23)33-26/h2-17H,1H3,(H,28,30). The number of nitrogens with one attached hydrogen (secondary N) is 1. The van der Waals surface area contributed by atoms with Crippen molar-refractivity contribution >= 4 is 39.4 Å². The Morgan fingerprint density at radius 1 is 0.879 bits per heavy atom. The highest BCUT2D eigenvalue weighted by molar-refractivity contribution is 6.05. The molecule has 6 nitrogen and oxygen atoms in total. The van der Waals surface area contributed by atoms with Crippen LogP contribution in [0.2, 0.25) is 0 Å². The van der Waals surface area contributed by atoms with Gasteiger partial charge < -0.3 is 14.5 Å². The summed E-state index contributed by atoms with van der Waals surface area (Å²) < 4.78 is 11.3. The van der Waals surface area contributed by atoms with E-state index < -0.39 is 18.0 Å². The maximum atomic E-state index is 13.0. The van der Waals surface area contributed by atoms with Crippen LogP contribution in [0.25, 0.3) is 33.3 Å². The third-order valence-corrected chi connectivity index (χ3v) is 5.37. The normalized spacial score (nSPS) is 11.9. The van der Waals surface area contributed by atoms with Gasteiger partial charge in [-0.3, -0.25) is 4.79 Å². The minimum absolute atomic E-state index is 0.272. The summed E-state index contributed by atoms with van der Waals surface area (Å²) >= 11 is 0. The van der Waals surface area contributed by atoms with Gasteiger partial charge in [-0.15, -0.1) is 0 Å². The van der Waals surface area contributed by atoms with Gasteiger partial charge in [-0.05, 0) is 42.6 Å². The fourth-order valence-corrected chi connectivity index (χ4v) is 3.68. The number of benzene rings is 4. The molecule has 0 saturated heterocycles. The molecule has 0 bridgehead atoms. The molecule has 0 spiro atoms. The van der Waals surface area contributed by atoms with Gasteiger partial charge in [-0.25, -0.2) is 9.78 Å². The van der Waals surface area contributed by atoms with Crippen LogP contribution in [0.1, 0.15) is 17.3 Å². The average molecular weight is 436 g/mol. The number of ether oxygens (including phenoxy) is 1. The summed E-state index contributed by atoms with van der Waals surface area (Å²) in [5, 5.41) is 4.78.